The Labute approximate surface area is 156 Å². The monoisotopic (exact) mass is 375 g/mol. The fraction of sp³-hybridized carbons (Fsp3) is 0.421. The van der Waals surface area contributed by atoms with Crippen molar-refractivity contribution in [3.05, 3.63) is 51.2 Å². The van der Waals surface area contributed by atoms with Crippen LogP contribution in [0.15, 0.2) is 24.3 Å². The molecule has 1 saturated heterocycles. The number of carbonyl (C=O) groups is 2. The molecule has 1 aliphatic heterocycles. The molecule has 5 nitrogen and oxygen atoms in total. The van der Waals surface area contributed by atoms with Crippen LogP contribution in [0.2, 0.25) is 0 Å². The van der Waals surface area contributed by atoms with Crippen molar-refractivity contribution in [3.63, 3.8) is 0 Å². The molecule has 7 heteroatoms. The molecule has 2 amide bonds. The minimum Gasteiger partial charge on any atom is -0.353 e. The first kappa shape index (κ1) is 18.5. The van der Waals surface area contributed by atoms with Crippen LogP contribution < -0.4 is 5.32 Å². The van der Waals surface area contributed by atoms with E-state index in [4.69, 9.17) is 0 Å². The highest BCUT2D eigenvalue weighted by Gasteiger charge is 2.36. The van der Waals surface area contributed by atoms with Crippen molar-refractivity contribution in [2.75, 3.05) is 13.1 Å². The van der Waals surface area contributed by atoms with Gasteiger partial charge in [0.25, 0.3) is 5.91 Å². The normalized spacial score (nSPS) is 17.5. The van der Waals surface area contributed by atoms with Gasteiger partial charge >= 0.3 is 0 Å². The Bertz CT molecular complexity index is 817. The van der Waals surface area contributed by atoms with Gasteiger partial charge in [0.05, 0.1) is 10.7 Å². The predicted octanol–water partition coefficient (Wildman–Crippen LogP) is 2.78. The summed E-state index contributed by atoms with van der Waals surface area (Å²) >= 11 is 1.35. The Morgan fingerprint density at radius 2 is 2.08 bits per heavy atom. The van der Waals surface area contributed by atoms with E-state index in [1.807, 2.05) is 20.8 Å². The van der Waals surface area contributed by atoms with Crippen LogP contribution >= 0.6 is 11.3 Å². The largest absolute Gasteiger partial charge is 0.353 e. The number of hydrogen-bond donors (Lipinski definition) is 1. The van der Waals surface area contributed by atoms with Gasteiger partial charge in [-0.3, -0.25) is 9.59 Å². The first-order valence-corrected chi connectivity index (χ1v) is 9.48. The van der Waals surface area contributed by atoms with Gasteiger partial charge in [-0.15, -0.1) is 11.3 Å². The quantitative estimate of drug-likeness (QED) is 0.894. The summed E-state index contributed by atoms with van der Waals surface area (Å²) in [6, 6.07) is 5.82. The van der Waals surface area contributed by atoms with Crippen LogP contribution in [0.25, 0.3) is 0 Å². The molecule has 0 bridgehead atoms. The summed E-state index contributed by atoms with van der Waals surface area (Å²) in [4.78, 5) is 32.0. The van der Waals surface area contributed by atoms with Crippen LogP contribution in [0.5, 0.6) is 0 Å². The standard InChI is InChI=1S/C19H22FN3O2S/c1-11(2)16-18(24)21-8-9-23(16)19(25)17-12(3)22-15(26-17)10-13-4-6-14(20)7-5-13/h4-7,11,16H,8-10H2,1-3H3,(H,21,24). The van der Waals surface area contributed by atoms with Gasteiger partial charge in [-0.05, 0) is 30.5 Å². The number of halogens is 1. The number of nitrogens with one attached hydrogen (secondary N) is 1. The predicted molar refractivity (Wildman–Crippen MR) is 98.7 cm³/mol. The van der Waals surface area contributed by atoms with Gasteiger partial charge < -0.3 is 10.2 Å². The highest BCUT2D eigenvalue weighted by molar-refractivity contribution is 7.13. The zero-order valence-corrected chi connectivity index (χ0v) is 15.9. The van der Waals surface area contributed by atoms with Crippen molar-refractivity contribution in [3.8, 4) is 0 Å². The molecule has 1 unspecified atom stereocenters. The molecule has 138 valence electrons. The highest BCUT2D eigenvalue weighted by atomic mass is 32.1. The number of nitrogens with zero attached hydrogens (tertiary/aromatic N) is 2. The van der Waals surface area contributed by atoms with Crippen LogP contribution in [-0.4, -0.2) is 40.8 Å². The summed E-state index contributed by atoms with van der Waals surface area (Å²) in [6.07, 6.45) is 0.549. The van der Waals surface area contributed by atoms with Crippen LogP contribution in [0.3, 0.4) is 0 Å². The number of piperazine rings is 1. The molecule has 0 aliphatic carbocycles. The summed E-state index contributed by atoms with van der Waals surface area (Å²) in [6.45, 7) is 6.66. The molecule has 1 fully saturated rings. The Kier molecular flexibility index (Phi) is 5.36. The Morgan fingerprint density at radius 1 is 1.38 bits per heavy atom. The third-order valence-electron chi connectivity index (χ3n) is 4.45. The average Bonchev–Trinajstić information content (AvgIpc) is 2.96. The number of aryl methyl sites for hydroxylation is 1. The summed E-state index contributed by atoms with van der Waals surface area (Å²) < 4.78 is 13.0. The van der Waals surface area contributed by atoms with Gasteiger partial charge in [-0.1, -0.05) is 26.0 Å². The lowest BCUT2D eigenvalue weighted by Gasteiger charge is -2.37. The molecular formula is C19H22FN3O2S. The lowest BCUT2D eigenvalue weighted by molar-refractivity contribution is -0.129. The van der Waals surface area contributed by atoms with E-state index >= 15 is 0 Å². The van der Waals surface area contributed by atoms with Crippen molar-refractivity contribution in [2.24, 2.45) is 5.92 Å². The molecule has 1 aromatic carbocycles. The Balaban J connectivity index is 1.82. The van der Waals surface area contributed by atoms with Crippen molar-refractivity contribution in [1.29, 1.82) is 0 Å². The highest BCUT2D eigenvalue weighted by Crippen LogP contribution is 2.25. The fourth-order valence-corrected chi connectivity index (χ4v) is 4.26. The maximum Gasteiger partial charge on any atom is 0.266 e. The summed E-state index contributed by atoms with van der Waals surface area (Å²) in [5.41, 5.74) is 1.61. The number of benzene rings is 1. The van der Waals surface area contributed by atoms with E-state index in [9.17, 15) is 14.0 Å². The third kappa shape index (κ3) is 3.77. The van der Waals surface area contributed by atoms with Crippen LogP contribution in [0, 0.1) is 18.7 Å². The number of rotatable bonds is 4. The minimum atomic E-state index is -0.460. The van der Waals surface area contributed by atoms with Crippen LogP contribution in [-0.2, 0) is 11.2 Å². The molecule has 0 radical (unpaired) electrons. The minimum absolute atomic E-state index is 0.0335. The van der Waals surface area contributed by atoms with Gasteiger partial charge in [0, 0.05) is 19.5 Å². The van der Waals surface area contributed by atoms with Gasteiger partial charge in [0.2, 0.25) is 5.91 Å². The van der Waals surface area contributed by atoms with Crippen LogP contribution in [0.4, 0.5) is 4.39 Å². The van der Waals surface area contributed by atoms with E-state index < -0.39 is 6.04 Å². The molecule has 0 saturated carbocycles. The maximum atomic E-state index is 13.1. The number of aromatic nitrogens is 1. The van der Waals surface area contributed by atoms with Gasteiger partial charge in [0.1, 0.15) is 16.7 Å². The second-order valence-corrected chi connectivity index (χ2v) is 7.89. The summed E-state index contributed by atoms with van der Waals surface area (Å²) in [5, 5.41) is 3.64. The van der Waals surface area contributed by atoms with E-state index in [-0.39, 0.29) is 23.5 Å². The van der Waals surface area contributed by atoms with E-state index in [2.05, 4.69) is 10.3 Å². The lowest BCUT2D eigenvalue weighted by atomic mass is 9.99. The van der Waals surface area contributed by atoms with Crippen molar-refractivity contribution in [2.45, 2.75) is 33.2 Å². The molecule has 2 heterocycles. The summed E-state index contributed by atoms with van der Waals surface area (Å²) in [7, 11) is 0. The van der Waals surface area contributed by atoms with Crippen LogP contribution in [0.1, 0.15) is 39.8 Å². The molecule has 2 aromatic rings. The molecule has 1 aliphatic rings. The average molecular weight is 375 g/mol. The topological polar surface area (TPSA) is 62.3 Å². The Hall–Kier alpha value is -2.28. The first-order valence-electron chi connectivity index (χ1n) is 8.66. The molecule has 1 atom stereocenters. The van der Waals surface area contributed by atoms with Gasteiger partial charge in [-0.25, -0.2) is 9.37 Å². The van der Waals surface area contributed by atoms with E-state index in [1.54, 1.807) is 17.0 Å². The zero-order valence-electron chi connectivity index (χ0n) is 15.1. The van der Waals surface area contributed by atoms with E-state index in [0.717, 1.165) is 10.6 Å². The number of thiazole rings is 1. The van der Waals surface area contributed by atoms with Crippen molar-refractivity contribution >= 4 is 23.2 Å². The maximum absolute atomic E-state index is 13.1. The number of hydrogen-bond acceptors (Lipinski definition) is 4. The van der Waals surface area contributed by atoms with Crippen molar-refractivity contribution < 1.29 is 14.0 Å². The molecular weight excluding hydrogens is 353 g/mol. The summed E-state index contributed by atoms with van der Waals surface area (Å²) in [5.74, 6) is -0.485. The molecule has 3 rings (SSSR count). The van der Waals surface area contributed by atoms with E-state index in [1.165, 1.54) is 23.5 Å². The molecule has 1 N–H and O–H groups in total. The Morgan fingerprint density at radius 3 is 2.73 bits per heavy atom. The molecule has 1 aromatic heterocycles. The second kappa shape index (κ2) is 7.53. The lowest BCUT2D eigenvalue weighted by Crippen LogP contribution is -2.59. The van der Waals surface area contributed by atoms with E-state index in [0.29, 0.717) is 30.1 Å². The fourth-order valence-electron chi connectivity index (χ4n) is 3.21. The van der Waals surface area contributed by atoms with Crippen molar-refractivity contribution in [1.82, 2.24) is 15.2 Å². The molecule has 0 spiro atoms. The first-order chi connectivity index (χ1) is 12.4. The number of carbonyl (C=O) groups excluding carboxylic acids is 2. The number of amides is 2. The SMILES string of the molecule is Cc1nc(Cc2ccc(F)cc2)sc1C(=O)N1CCNC(=O)C1C(C)C. The third-order valence-corrected chi connectivity index (χ3v) is 5.60. The second-order valence-electron chi connectivity index (χ2n) is 6.80. The zero-order chi connectivity index (χ0) is 18.8. The van der Waals surface area contributed by atoms with Gasteiger partial charge in [-0.2, -0.15) is 0 Å². The molecule has 26 heavy (non-hydrogen) atoms. The smallest absolute Gasteiger partial charge is 0.266 e. The van der Waals surface area contributed by atoms with Gasteiger partial charge in [0.15, 0.2) is 0 Å².